The average Bonchev–Trinajstić information content (AvgIpc) is 3.11. The summed E-state index contributed by atoms with van der Waals surface area (Å²) in [7, 11) is 3.24. The Labute approximate surface area is 164 Å². The van der Waals surface area contributed by atoms with E-state index in [-0.39, 0.29) is 5.91 Å². The minimum absolute atomic E-state index is 0.00170. The highest BCUT2D eigenvalue weighted by Crippen LogP contribution is 2.34. The van der Waals surface area contributed by atoms with Gasteiger partial charge in [0.05, 0.1) is 26.5 Å². The number of carbonyl (C=O) groups is 1. The summed E-state index contributed by atoms with van der Waals surface area (Å²) in [5.41, 5.74) is 1.65. The fourth-order valence-electron chi connectivity index (χ4n) is 3.30. The van der Waals surface area contributed by atoms with Gasteiger partial charge in [-0.2, -0.15) is 0 Å². The van der Waals surface area contributed by atoms with Crippen LogP contribution in [0, 0.1) is 0 Å². The molecule has 1 N–H and O–H groups in total. The van der Waals surface area contributed by atoms with E-state index in [1.165, 1.54) is 43.4 Å². The molecule has 1 fully saturated rings. The van der Waals surface area contributed by atoms with Crippen LogP contribution in [0.2, 0.25) is 0 Å². The molecular weight excluding hydrogens is 362 g/mol. The summed E-state index contributed by atoms with van der Waals surface area (Å²) < 4.78 is 10.7. The highest BCUT2D eigenvalue weighted by Gasteiger charge is 2.15. The van der Waals surface area contributed by atoms with Crippen molar-refractivity contribution in [2.75, 3.05) is 39.2 Å². The van der Waals surface area contributed by atoms with E-state index in [0.717, 1.165) is 30.1 Å². The number of aromatic nitrogens is 1. The molecule has 1 aliphatic heterocycles. The molecule has 146 valence electrons. The van der Waals surface area contributed by atoms with Crippen molar-refractivity contribution < 1.29 is 14.3 Å². The summed E-state index contributed by atoms with van der Waals surface area (Å²) in [6, 6.07) is 5.62. The lowest BCUT2D eigenvalue weighted by Gasteiger charge is -2.23. The molecule has 7 heteroatoms. The van der Waals surface area contributed by atoms with Gasteiger partial charge < -0.3 is 14.8 Å². The zero-order valence-corrected chi connectivity index (χ0v) is 16.8. The van der Waals surface area contributed by atoms with Crippen LogP contribution in [-0.4, -0.2) is 49.6 Å². The number of hydrogen-bond acceptors (Lipinski definition) is 6. The lowest BCUT2D eigenvalue weighted by atomic mass is 10.1. The minimum Gasteiger partial charge on any atom is -0.497 e. The third-order valence-electron chi connectivity index (χ3n) is 4.75. The second kappa shape index (κ2) is 9.71. The molecule has 2 heterocycles. The van der Waals surface area contributed by atoms with Crippen molar-refractivity contribution in [1.82, 2.24) is 9.88 Å². The topological polar surface area (TPSA) is 63.7 Å². The molecule has 6 nitrogen and oxygen atoms in total. The summed E-state index contributed by atoms with van der Waals surface area (Å²) in [6.07, 6.45) is 6.18. The molecule has 27 heavy (non-hydrogen) atoms. The quantitative estimate of drug-likeness (QED) is 0.808. The maximum absolute atomic E-state index is 12.4. The molecule has 2 aromatic rings. The molecule has 3 rings (SSSR count). The Hall–Kier alpha value is -2.12. The Kier molecular flexibility index (Phi) is 7.06. The normalized spacial score (nSPS) is 15.6. The highest BCUT2D eigenvalue weighted by atomic mass is 32.1. The fourth-order valence-corrected chi connectivity index (χ4v) is 4.02. The molecule has 0 atom stereocenters. The number of anilines is 1. The predicted molar refractivity (Wildman–Crippen MR) is 109 cm³/mol. The molecular formula is C20H27N3O3S. The third kappa shape index (κ3) is 5.43. The standard InChI is InChI=1S/C20H27N3O3S/c1-25-15-8-9-16(18(12-15)26-2)17-14-27-20(21-17)22-19(24)13-23-10-6-4-3-5-7-11-23/h8-9,12,14H,3-7,10-11,13H2,1-2H3,(H,21,22,24). The molecule has 1 saturated heterocycles. The van der Waals surface area contributed by atoms with Crippen LogP contribution >= 0.6 is 11.3 Å². The van der Waals surface area contributed by atoms with Crippen LogP contribution in [-0.2, 0) is 4.79 Å². The van der Waals surface area contributed by atoms with E-state index in [1.54, 1.807) is 14.2 Å². The van der Waals surface area contributed by atoms with Gasteiger partial charge in [-0.3, -0.25) is 9.69 Å². The Balaban J connectivity index is 1.63. The SMILES string of the molecule is COc1ccc(-c2csc(NC(=O)CN3CCCCCCC3)n2)c(OC)c1. The van der Waals surface area contributed by atoms with E-state index < -0.39 is 0 Å². The van der Waals surface area contributed by atoms with Crippen LogP contribution in [0.4, 0.5) is 5.13 Å². The van der Waals surface area contributed by atoms with Gasteiger partial charge in [0, 0.05) is 17.0 Å². The van der Waals surface area contributed by atoms with Crippen molar-refractivity contribution in [2.24, 2.45) is 0 Å². The lowest BCUT2D eigenvalue weighted by molar-refractivity contribution is -0.117. The Bertz CT molecular complexity index is 755. The molecule has 0 saturated carbocycles. The van der Waals surface area contributed by atoms with Crippen molar-refractivity contribution in [3.63, 3.8) is 0 Å². The van der Waals surface area contributed by atoms with Crippen molar-refractivity contribution in [1.29, 1.82) is 0 Å². The van der Waals surface area contributed by atoms with E-state index >= 15 is 0 Å². The average molecular weight is 390 g/mol. The molecule has 0 unspecified atom stereocenters. The Morgan fingerprint density at radius 1 is 1.15 bits per heavy atom. The van der Waals surface area contributed by atoms with E-state index in [1.807, 2.05) is 23.6 Å². The van der Waals surface area contributed by atoms with Crippen molar-refractivity contribution in [2.45, 2.75) is 32.1 Å². The molecule has 1 aliphatic rings. The van der Waals surface area contributed by atoms with Gasteiger partial charge in [-0.1, -0.05) is 19.3 Å². The predicted octanol–water partition coefficient (Wildman–Crippen LogP) is 4.03. The third-order valence-corrected chi connectivity index (χ3v) is 5.51. The molecule has 0 radical (unpaired) electrons. The number of amides is 1. The van der Waals surface area contributed by atoms with Crippen molar-refractivity contribution in [3.05, 3.63) is 23.6 Å². The van der Waals surface area contributed by atoms with E-state index in [9.17, 15) is 4.79 Å². The summed E-state index contributed by atoms with van der Waals surface area (Å²) in [5, 5.41) is 5.47. The van der Waals surface area contributed by atoms with E-state index in [2.05, 4.69) is 15.2 Å². The van der Waals surface area contributed by atoms with Crippen molar-refractivity contribution in [3.8, 4) is 22.8 Å². The van der Waals surface area contributed by atoms with Gasteiger partial charge in [0.1, 0.15) is 11.5 Å². The zero-order chi connectivity index (χ0) is 19.1. The van der Waals surface area contributed by atoms with Gasteiger partial charge in [-0.15, -0.1) is 11.3 Å². The lowest BCUT2D eigenvalue weighted by Crippen LogP contribution is -2.35. The number of hydrogen-bond donors (Lipinski definition) is 1. The van der Waals surface area contributed by atoms with Crippen LogP contribution in [0.15, 0.2) is 23.6 Å². The van der Waals surface area contributed by atoms with E-state index in [4.69, 9.17) is 9.47 Å². The maximum atomic E-state index is 12.4. The number of carbonyl (C=O) groups excluding carboxylic acids is 1. The molecule has 1 amide bonds. The van der Waals surface area contributed by atoms with Crippen LogP contribution in [0.25, 0.3) is 11.3 Å². The first-order valence-corrected chi connectivity index (χ1v) is 10.3. The Morgan fingerprint density at radius 2 is 1.89 bits per heavy atom. The second-order valence-corrected chi connectivity index (χ2v) is 7.55. The van der Waals surface area contributed by atoms with Gasteiger partial charge in [0.2, 0.25) is 5.91 Å². The first-order chi connectivity index (χ1) is 13.2. The molecule has 0 bridgehead atoms. The zero-order valence-electron chi connectivity index (χ0n) is 16.0. The van der Waals surface area contributed by atoms with Crippen LogP contribution in [0.1, 0.15) is 32.1 Å². The van der Waals surface area contributed by atoms with Crippen molar-refractivity contribution >= 4 is 22.4 Å². The summed E-state index contributed by atoms with van der Waals surface area (Å²) in [6.45, 7) is 2.43. The number of rotatable bonds is 6. The molecule has 1 aromatic heterocycles. The molecule has 1 aromatic carbocycles. The molecule has 0 spiro atoms. The van der Waals surface area contributed by atoms with Crippen LogP contribution in [0.5, 0.6) is 11.5 Å². The summed E-state index contributed by atoms with van der Waals surface area (Å²) in [5.74, 6) is 1.42. The second-order valence-electron chi connectivity index (χ2n) is 6.70. The minimum atomic E-state index is -0.00170. The first-order valence-electron chi connectivity index (χ1n) is 9.39. The number of likely N-dealkylation sites (tertiary alicyclic amines) is 1. The fraction of sp³-hybridized carbons (Fsp3) is 0.500. The number of methoxy groups -OCH3 is 2. The van der Waals surface area contributed by atoms with E-state index in [0.29, 0.717) is 17.4 Å². The van der Waals surface area contributed by atoms with Crippen LogP contribution in [0.3, 0.4) is 0 Å². The summed E-state index contributed by atoms with van der Waals surface area (Å²) >= 11 is 1.42. The van der Waals surface area contributed by atoms with Gasteiger partial charge in [-0.05, 0) is 38.1 Å². The summed E-state index contributed by atoms with van der Waals surface area (Å²) in [4.78, 5) is 19.2. The largest absolute Gasteiger partial charge is 0.497 e. The van der Waals surface area contributed by atoms with Crippen LogP contribution < -0.4 is 14.8 Å². The first kappa shape index (κ1) is 19.6. The molecule has 0 aliphatic carbocycles. The van der Waals surface area contributed by atoms with Gasteiger partial charge in [-0.25, -0.2) is 4.98 Å². The Morgan fingerprint density at radius 3 is 2.59 bits per heavy atom. The number of nitrogens with zero attached hydrogens (tertiary/aromatic N) is 2. The maximum Gasteiger partial charge on any atom is 0.240 e. The number of ether oxygens (including phenoxy) is 2. The monoisotopic (exact) mass is 389 g/mol. The smallest absolute Gasteiger partial charge is 0.240 e. The highest BCUT2D eigenvalue weighted by molar-refractivity contribution is 7.14. The number of benzene rings is 1. The van der Waals surface area contributed by atoms with Gasteiger partial charge in [0.15, 0.2) is 5.13 Å². The van der Waals surface area contributed by atoms with Gasteiger partial charge >= 0.3 is 0 Å². The number of nitrogens with one attached hydrogen (secondary N) is 1. The number of thiazole rings is 1. The van der Waals surface area contributed by atoms with Gasteiger partial charge in [0.25, 0.3) is 0 Å².